The fraction of sp³-hybridized carbons (Fsp3) is 0.545. The summed E-state index contributed by atoms with van der Waals surface area (Å²) in [7, 11) is -23.5. The van der Waals surface area contributed by atoms with Crippen LogP contribution in [-0.2, 0) is 70.5 Å². The molecule has 0 saturated carbocycles. The lowest BCUT2D eigenvalue weighted by molar-refractivity contribution is -0.746. The monoisotopic (exact) mass is 1160 g/mol. The van der Waals surface area contributed by atoms with Gasteiger partial charge in [0, 0.05) is 7.11 Å². The molecule has 0 aromatic carbocycles. The normalized spacial score (nSPS) is 30.2. The molecule has 13 N–H and O–H groups in total. The lowest BCUT2D eigenvalue weighted by Gasteiger charge is -2.35. The number of aromatic nitrogens is 12. The summed E-state index contributed by atoms with van der Waals surface area (Å²) in [4.78, 5) is 103. The second-order valence-corrected chi connectivity index (χ2v) is 22.5. The van der Waals surface area contributed by atoms with Crippen LogP contribution >= 0.6 is 31.3 Å². The van der Waals surface area contributed by atoms with E-state index in [0.717, 1.165) is 39.8 Å². The number of H-pyrrole nitrogens is 2. The summed E-state index contributed by atoms with van der Waals surface area (Å²) in [5, 5.41) is 43.2. The topological polar surface area (TPSA) is 571 Å². The number of anilines is 3. The van der Waals surface area contributed by atoms with Crippen molar-refractivity contribution in [3.8, 4) is 0 Å². The van der Waals surface area contributed by atoms with Gasteiger partial charge in [0.2, 0.25) is 17.7 Å². The van der Waals surface area contributed by atoms with Gasteiger partial charge in [0.05, 0.1) is 39.0 Å². The highest BCUT2D eigenvalue weighted by Gasteiger charge is 2.53. The average molecular weight is 1160 g/mol. The Hall–Kier alpha value is -5.15. The van der Waals surface area contributed by atoms with Crippen molar-refractivity contribution in [2.24, 2.45) is 0 Å². The standard InChI is InChI=1S/C33H45N15O24P4/c1-3-45-10-48(26-16(45)28(54)44-33(36)42-26)30-20(52)18(50)12(68-30)5-65-74(57,58)71-76(61,62)72-75(59,60)66-6-13-21(22(63-2)31(69-13)46-8-39-14-23(34)37-7-38-24(14)46)70-73(55,56)64-4-11-17(49)19(51)29(67-11)47-9-40-15-25(47)41-32(35)43-27(15)53/h7-13,17-22,29-31,49-52H,3-6H2,1-2H3,(H11-,34,35,36,37,38,41,42,43,44,53,54,55,56,57,58,59,60,61,62)/p-2/t11-,12-,13-,17-,18-,19-,20-,21-,22-,29-,30-,31-/m1/s1. The molecule has 3 saturated heterocycles. The van der Waals surface area contributed by atoms with Crippen LogP contribution in [0.1, 0.15) is 25.6 Å². The predicted octanol–water partition coefficient (Wildman–Crippen LogP) is -6.12. The van der Waals surface area contributed by atoms with E-state index in [1.54, 1.807) is 6.92 Å². The minimum absolute atomic E-state index is 0.0115. The Balaban J connectivity index is 0.862. The molecular weight excluding hydrogens is 1110 g/mol. The van der Waals surface area contributed by atoms with Crippen LogP contribution in [0, 0.1) is 0 Å². The zero-order valence-electron chi connectivity index (χ0n) is 38.6. The van der Waals surface area contributed by atoms with Gasteiger partial charge in [-0.2, -0.15) is 4.98 Å². The summed E-state index contributed by atoms with van der Waals surface area (Å²) in [6.07, 6.45) is -16.3. The predicted molar refractivity (Wildman–Crippen MR) is 237 cm³/mol. The maximum atomic E-state index is 13.7. The van der Waals surface area contributed by atoms with Crippen LogP contribution < -0.4 is 47.6 Å². The number of hydrogen-bond acceptors (Lipinski definition) is 32. The van der Waals surface area contributed by atoms with E-state index < -0.39 is 136 Å². The van der Waals surface area contributed by atoms with Crippen LogP contribution in [0.5, 0.6) is 0 Å². The number of nitrogens with zero attached hydrogens (tertiary/aromatic N) is 10. The molecule has 16 atom stereocenters. The van der Waals surface area contributed by atoms with E-state index in [4.69, 9.17) is 49.7 Å². The SMILES string of the molecule is CCn1c[n+]([C@@H]2O[C@H](COP(=O)([O-])OP(=O)([O-])OP(=O)([O-])OC[C@H]3O[C@@H](n4cnc5c(N)ncnc54)[C@H](OC)[C@@H]3OP(=O)(O)OC[C@H]3O[C@@H](n4cnc5c(=O)[nH]c(N)nc54)[C@H](O)[C@@H]3O)[C@@H](O)[C@H]2O)c2nc(N)[nH]c(=O)c21. The first kappa shape index (κ1) is 55.6. The molecule has 3 fully saturated rings. The number of methoxy groups -OCH3 is 1. The number of nitrogens with two attached hydrogens (primary N) is 3. The van der Waals surface area contributed by atoms with E-state index in [9.17, 15) is 67.8 Å². The number of imidazole rings is 3. The molecule has 416 valence electrons. The molecule has 39 nitrogen and oxygen atoms in total. The van der Waals surface area contributed by atoms with E-state index in [0.29, 0.717) is 0 Å². The third kappa shape index (κ3) is 11.0. The Morgan fingerprint density at radius 1 is 0.711 bits per heavy atom. The van der Waals surface area contributed by atoms with E-state index in [2.05, 4.69) is 53.0 Å². The molecule has 6 aromatic rings. The summed E-state index contributed by atoms with van der Waals surface area (Å²) in [5.41, 5.74) is 15.3. The molecule has 43 heteroatoms. The summed E-state index contributed by atoms with van der Waals surface area (Å²) in [6, 6.07) is 0. The number of nitrogens with one attached hydrogen (secondary N) is 2. The summed E-state index contributed by atoms with van der Waals surface area (Å²) in [6.45, 7) is -1.77. The molecule has 9 rings (SSSR count). The number of nitrogen functional groups attached to an aromatic ring is 3. The summed E-state index contributed by atoms with van der Waals surface area (Å²) < 4.78 is 107. The first-order valence-corrected chi connectivity index (χ1v) is 27.6. The second kappa shape index (κ2) is 20.9. The van der Waals surface area contributed by atoms with Gasteiger partial charge in [-0.3, -0.25) is 56.0 Å². The Bertz CT molecular complexity index is 3490. The Morgan fingerprint density at radius 2 is 1.29 bits per heavy atom. The Kier molecular flexibility index (Phi) is 15.3. The van der Waals surface area contributed by atoms with Crippen molar-refractivity contribution < 1.29 is 108 Å². The van der Waals surface area contributed by atoms with Gasteiger partial charge in [-0.1, -0.05) is 4.98 Å². The Morgan fingerprint density at radius 3 is 1.96 bits per heavy atom. The zero-order valence-corrected chi connectivity index (χ0v) is 42.1. The lowest BCUT2D eigenvalue weighted by atomic mass is 10.1. The third-order valence-corrected chi connectivity index (χ3v) is 16.9. The number of phosphoric acid groups is 4. The number of aryl methyl sites for hydroxylation is 1. The summed E-state index contributed by atoms with van der Waals surface area (Å²) >= 11 is 0. The number of rotatable bonds is 20. The van der Waals surface area contributed by atoms with E-state index in [-0.39, 0.29) is 57.8 Å². The highest BCUT2D eigenvalue weighted by atomic mass is 31.3. The van der Waals surface area contributed by atoms with Gasteiger partial charge < -0.3 is 85.2 Å². The van der Waals surface area contributed by atoms with Crippen molar-refractivity contribution in [2.75, 3.05) is 44.1 Å². The lowest BCUT2D eigenvalue weighted by Crippen LogP contribution is -2.46. The number of phosphoric ester groups is 3. The molecule has 0 radical (unpaired) electrons. The van der Waals surface area contributed by atoms with Gasteiger partial charge in [0.25, 0.3) is 40.5 Å². The van der Waals surface area contributed by atoms with Crippen molar-refractivity contribution in [2.45, 2.75) is 87.1 Å². The van der Waals surface area contributed by atoms with E-state index >= 15 is 0 Å². The van der Waals surface area contributed by atoms with Crippen LogP contribution in [0.3, 0.4) is 0 Å². The van der Waals surface area contributed by atoms with Crippen LogP contribution in [0.25, 0.3) is 33.5 Å². The summed E-state index contributed by atoms with van der Waals surface area (Å²) in [5.74, 6) is -0.754. The number of ether oxygens (including phenoxy) is 4. The number of hydrogen-bond donors (Lipinski definition) is 10. The number of fused-ring (bicyclic) bond motifs is 3. The van der Waals surface area contributed by atoms with Crippen LogP contribution in [0.4, 0.5) is 17.7 Å². The molecule has 0 amide bonds. The van der Waals surface area contributed by atoms with Crippen molar-refractivity contribution in [3.05, 3.63) is 46.0 Å². The van der Waals surface area contributed by atoms with Crippen molar-refractivity contribution >= 4 is 82.5 Å². The number of aromatic amines is 2. The maximum Gasteiger partial charge on any atom is 0.472 e. The largest absolute Gasteiger partial charge is 0.756 e. The van der Waals surface area contributed by atoms with Gasteiger partial charge in [-0.25, -0.2) is 37.7 Å². The molecule has 76 heavy (non-hydrogen) atoms. The van der Waals surface area contributed by atoms with Gasteiger partial charge in [0.1, 0.15) is 66.8 Å². The van der Waals surface area contributed by atoms with E-state index in [1.807, 2.05) is 0 Å². The van der Waals surface area contributed by atoms with Gasteiger partial charge in [-0.15, -0.1) is 0 Å². The number of aliphatic hydroxyl groups is 4. The molecule has 3 aliphatic rings. The molecule has 4 unspecified atom stereocenters. The quantitative estimate of drug-likeness (QED) is 0.0251. The minimum Gasteiger partial charge on any atom is -0.756 e. The smallest absolute Gasteiger partial charge is 0.472 e. The molecule has 9 heterocycles. The second-order valence-electron chi connectivity index (χ2n) is 16.6. The first-order valence-electron chi connectivity index (χ1n) is 21.7. The molecule has 0 spiro atoms. The first-order chi connectivity index (χ1) is 35.7. The van der Waals surface area contributed by atoms with Crippen molar-refractivity contribution in [3.63, 3.8) is 0 Å². The van der Waals surface area contributed by atoms with Crippen LogP contribution in [0.2, 0.25) is 0 Å². The molecule has 0 aliphatic carbocycles. The maximum absolute atomic E-state index is 13.7. The van der Waals surface area contributed by atoms with Gasteiger partial charge >= 0.3 is 13.5 Å². The van der Waals surface area contributed by atoms with Crippen molar-refractivity contribution in [1.29, 1.82) is 0 Å². The zero-order chi connectivity index (χ0) is 55.0. The van der Waals surface area contributed by atoms with Gasteiger partial charge in [-0.05, 0) is 6.92 Å². The Labute approximate surface area is 421 Å². The highest BCUT2D eigenvalue weighted by molar-refractivity contribution is 7.65. The molecule has 6 aromatic heterocycles. The van der Waals surface area contributed by atoms with Gasteiger partial charge in [0.15, 0.2) is 41.4 Å². The van der Waals surface area contributed by atoms with E-state index in [1.165, 1.54) is 10.9 Å². The number of aliphatic hydroxyl groups excluding tert-OH is 4. The molecule has 0 bridgehead atoms. The average Bonchev–Trinajstić information content (AvgIpc) is 4.19. The fourth-order valence-corrected chi connectivity index (χ4v) is 12.8. The molecular formula is C33H43N15O24P4-2. The molecule has 3 aliphatic heterocycles. The van der Waals surface area contributed by atoms with Crippen LogP contribution in [0.15, 0.2) is 34.9 Å². The minimum atomic E-state index is -6.58. The third-order valence-electron chi connectivity index (χ3n) is 11.8. The fourth-order valence-electron chi connectivity index (χ4n) is 8.41. The highest BCUT2D eigenvalue weighted by Crippen LogP contribution is 2.63. The van der Waals surface area contributed by atoms with Crippen LogP contribution in [-0.4, -0.2) is 161 Å². The van der Waals surface area contributed by atoms with Crippen molar-refractivity contribution in [1.82, 2.24) is 53.6 Å².